The highest BCUT2D eigenvalue weighted by Crippen LogP contribution is 2.12. The predicted octanol–water partition coefficient (Wildman–Crippen LogP) is 0.542. The van der Waals surface area contributed by atoms with Gasteiger partial charge in [0.25, 0.3) is 0 Å². The van der Waals surface area contributed by atoms with Crippen molar-refractivity contribution in [1.29, 1.82) is 0 Å². The molecule has 0 bridgehead atoms. The van der Waals surface area contributed by atoms with E-state index >= 15 is 0 Å². The molecule has 1 aromatic rings. The van der Waals surface area contributed by atoms with Crippen LogP contribution in [0.1, 0.15) is 58.9 Å². The lowest BCUT2D eigenvalue weighted by Crippen LogP contribution is -2.59. The maximum absolute atomic E-state index is 13.3. The van der Waals surface area contributed by atoms with Crippen LogP contribution in [-0.2, 0) is 35.3 Å². The van der Waals surface area contributed by atoms with Gasteiger partial charge in [0.05, 0.1) is 6.42 Å². The van der Waals surface area contributed by atoms with Gasteiger partial charge in [0.2, 0.25) is 17.7 Å². The second kappa shape index (κ2) is 19.2. The highest BCUT2D eigenvalue weighted by Gasteiger charge is 2.34. The minimum atomic E-state index is -1.83. The van der Waals surface area contributed by atoms with Gasteiger partial charge in [-0.25, -0.2) is 9.18 Å². The number of aliphatic hydroxyl groups is 2. The average Bonchev–Trinajstić information content (AvgIpc) is 2.98. The number of carbonyl (C=O) groups is 6. The standard InChI is InChI=1S/C29H43FN4O10/c1-5-17(4)25(34-29(43)44-15-18-9-7-6-8-10-18)28(42)31-19(11-12-22(36)37)26(40)33-24(16(2)3)27(41)32-20(13-23(38)39)21(35)14-30/h6-10,16-17,19-20,22,24-25,36-37H,5,11-15H2,1-4H3,(H,31,42)(H,32,41)(H,33,40)(H,34,43)(H,38,39)/t17-,19-,20-,24-,25-/m0/s1. The number of hydrogen-bond acceptors (Lipinski definition) is 9. The molecule has 4 amide bonds. The third-order valence-corrected chi connectivity index (χ3v) is 6.79. The molecule has 44 heavy (non-hydrogen) atoms. The van der Waals surface area contributed by atoms with Crippen LogP contribution in [0.15, 0.2) is 30.3 Å². The Morgan fingerprint density at radius 2 is 1.41 bits per heavy atom. The van der Waals surface area contributed by atoms with E-state index in [0.717, 1.165) is 5.56 Å². The molecule has 0 heterocycles. The minimum Gasteiger partial charge on any atom is -0.481 e. The lowest BCUT2D eigenvalue weighted by Gasteiger charge is -2.29. The lowest BCUT2D eigenvalue weighted by atomic mass is 9.97. The summed E-state index contributed by atoms with van der Waals surface area (Å²) in [5.41, 5.74) is 0.721. The first-order valence-electron chi connectivity index (χ1n) is 14.2. The maximum atomic E-state index is 13.3. The highest BCUT2D eigenvalue weighted by molar-refractivity contribution is 5.96. The van der Waals surface area contributed by atoms with Crippen molar-refractivity contribution in [3.05, 3.63) is 35.9 Å². The Hall–Kier alpha value is -4.11. The normalized spacial score (nSPS) is 14.5. The number of nitrogens with one attached hydrogen (secondary N) is 4. The molecule has 0 saturated carbocycles. The molecule has 0 unspecified atom stereocenters. The number of aliphatic carboxylic acids is 1. The van der Waals surface area contributed by atoms with Gasteiger partial charge in [0.1, 0.15) is 37.4 Å². The molecule has 246 valence electrons. The number of rotatable bonds is 19. The fourth-order valence-corrected chi connectivity index (χ4v) is 4.00. The molecule has 0 fully saturated rings. The third kappa shape index (κ3) is 13.5. The summed E-state index contributed by atoms with van der Waals surface area (Å²) in [5.74, 6) is -6.30. The molecule has 5 atom stereocenters. The molecule has 7 N–H and O–H groups in total. The number of carboxylic acid groups (broad SMARTS) is 1. The molecule has 0 aliphatic heterocycles. The number of hydrogen-bond donors (Lipinski definition) is 7. The highest BCUT2D eigenvalue weighted by atomic mass is 19.1. The first kappa shape index (κ1) is 37.9. The van der Waals surface area contributed by atoms with Crippen LogP contribution in [0, 0.1) is 11.8 Å². The van der Waals surface area contributed by atoms with Gasteiger partial charge in [-0.05, 0) is 23.8 Å². The molecular weight excluding hydrogens is 583 g/mol. The smallest absolute Gasteiger partial charge is 0.408 e. The van der Waals surface area contributed by atoms with Crippen molar-refractivity contribution in [2.45, 2.75) is 90.4 Å². The number of ether oxygens (including phenoxy) is 1. The van der Waals surface area contributed by atoms with Gasteiger partial charge in [-0.2, -0.15) is 0 Å². The number of alkyl carbamates (subject to hydrolysis) is 1. The van der Waals surface area contributed by atoms with Crippen LogP contribution in [0.25, 0.3) is 0 Å². The first-order chi connectivity index (χ1) is 20.7. The Labute approximate surface area is 255 Å². The second-order valence-electron chi connectivity index (χ2n) is 10.7. The number of amides is 4. The van der Waals surface area contributed by atoms with Crippen LogP contribution >= 0.6 is 0 Å². The van der Waals surface area contributed by atoms with E-state index in [1.807, 2.05) is 0 Å². The average molecular weight is 627 g/mol. The largest absolute Gasteiger partial charge is 0.481 e. The molecule has 0 spiro atoms. The van der Waals surface area contributed by atoms with Crippen molar-refractivity contribution in [1.82, 2.24) is 21.3 Å². The molecule has 0 aliphatic rings. The molecule has 1 aromatic carbocycles. The summed E-state index contributed by atoms with van der Waals surface area (Å²) in [4.78, 5) is 75.0. The van der Waals surface area contributed by atoms with Gasteiger partial charge in [0, 0.05) is 6.42 Å². The summed E-state index contributed by atoms with van der Waals surface area (Å²) in [7, 11) is 0. The topological polar surface area (TPSA) is 220 Å². The summed E-state index contributed by atoms with van der Waals surface area (Å²) >= 11 is 0. The maximum Gasteiger partial charge on any atom is 0.408 e. The Bertz CT molecular complexity index is 1120. The molecule has 14 nitrogen and oxygen atoms in total. The van der Waals surface area contributed by atoms with E-state index in [2.05, 4.69) is 21.3 Å². The number of ketones is 1. The van der Waals surface area contributed by atoms with Crippen LogP contribution in [-0.4, -0.2) is 88.0 Å². The van der Waals surface area contributed by atoms with Crippen molar-refractivity contribution in [3.63, 3.8) is 0 Å². The monoisotopic (exact) mass is 626 g/mol. The van der Waals surface area contributed by atoms with Crippen LogP contribution in [0.3, 0.4) is 0 Å². The van der Waals surface area contributed by atoms with E-state index < -0.39 is 91.0 Å². The van der Waals surface area contributed by atoms with Gasteiger partial charge in [-0.3, -0.25) is 24.0 Å². The number of aliphatic hydroxyl groups excluding tert-OH is 1. The summed E-state index contributed by atoms with van der Waals surface area (Å²) in [6.45, 7) is 5.00. The lowest BCUT2D eigenvalue weighted by molar-refractivity contribution is -0.141. The minimum absolute atomic E-state index is 0.0517. The Morgan fingerprint density at radius 1 is 0.818 bits per heavy atom. The molecule has 0 saturated heterocycles. The van der Waals surface area contributed by atoms with Crippen LogP contribution in [0.4, 0.5) is 9.18 Å². The number of benzene rings is 1. The van der Waals surface area contributed by atoms with Crippen LogP contribution < -0.4 is 21.3 Å². The molecule has 15 heteroatoms. The van der Waals surface area contributed by atoms with Crippen molar-refractivity contribution >= 4 is 35.6 Å². The van der Waals surface area contributed by atoms with Gasteiger partial charge < -0.3 is 41.3 Å². The molecule has 0 aliphatic carbocycles. The van der Waals surface area contributed by atoms with Gasteiger partial charge >= 0.3 is 12.1 Å². The van der Waals surface area contributed by atoms with Gasteiger partial charge in [-0.15, -0.1) is 0 Å². The van der Waals surface area contributed by atoms with E-state index in [-0.39, 0.29) is 19.4 Å². The van der Waals surface area contributed by atoms with Crippen LogP contribution in [0.2, 0.25) is 0 Å². The number of carboxylic acids is 1. The zero-order valence-electron chi connectivity index (χ0n) is 25.2. The van der Waals surface area contributed by atoms with Crippen molar-refractivity contribution in [2.24, 2.45) is 11.8 Å². The summed E-state index contributed by atoms with van der Waals surface area (Å²) in [6.07, 6.45) is -3.76. The number of halogens is 1. The number of Topliss-reactive ketones (excluding diaryl/α,β-unsaturated/α-hetero) is 1. The Morgan fingerprint density at radius 3 is 1.93 bits per heavy atom. The van der Waals surface area contributed by atoms with E-state index in [4.69, 9.17) is 9.84 Å². The predicted molar refractivity (Wildman–Crippen MR) is 154 cm³/mol. The summed E-state index contributed by atoms with van der Waals surface area (Å²) in [6, 6.07) is 3.27. The van der Waals surface area contributed by atoms with Crippen molar-refractivity contribution in [3.8, 4) is 0 Å². The SMILES string of the molecule is CC[C@H](C)[C@H](NC(=O)OCc1ccccc1)C(=O)N[C@@H](CCC(O)O)C(=O)N[C@H](C(=O)N[C@@H](CC(=O)O)C(=O)CF)C(C)C. The molecule has 1 rings (SSSR count). The fraction of sp³-hybridized carbons (Fsp3) is 0.586. The van der Waals surface area contributed by atoms with E-state index in [9.17, 15) is 43.4 Å². The van der Waals surface area contributed by atoms with Crippen LogP contribution in [0.5, 0.6) is 0 Å². The number of alkyl halides is 1. The van der Waals surface area contributed by atoms with Gasteiger partial charge in [0.15, 0.2) is 12.1 Å². The van der Waals surface area contributed by atoms with E-state index in [0.29, 0.717) is 6.42 Å². The van der Waals surface area contributed by atoms with E-state index in [1.165, 1.54) is 0 Å². The Balaban J connectivity index is 3.09. The first-order valence-corrected chi connectivity index (χ1v) is 14.2. The fourth-order valence-electron chi connectivity index (χ4n) is 4.00. The number of carbonyl (C=O) groups excluding carboxylic acids is 5. The summed E-state index contributed by atoms with van der Waals surface area (Å²) in [5, 5.41) is 37.4. The van der Waals surface area contributed by atoms with Crippen molar-refractivity contribution < 1.29 is 53.2 Å². The summed E-state index contributed by atoms with van der Waals surface area (Å²) < 4.78 is 18.2. The zero-order chi connectivity index (χ0) is 33.4. The second-order valence-corrected chi connectivity index (χ2v) is 10.7. The van der Waals surface area contributed by atoms with E-state index in [1.54, 1.807) is 58.0 Å². The molecule has 0 radical (unpaired) electrons. The van der Waals surface area contributed by atoms with Gasteiger partial charge in [-0.1, -0.05) is 64.4 Å². The third-order valence-electron chi connectivity index (χ3n) is 6.79. The molecule has 0 aromatic heterocycles. The quantitative estimate of drug-likeness (QED) is 0.106. The Kier molecular flexibility index (Phi) is 16.6. The molecular formula is C29H43FN4O10. The van der Waals surface area contributed by atoms with Crippen molar-refractivity contribution in [2.75, 3.05) is 6.67 Å². The zero-order valence-corrected chi connectivity index (χ0v) is 25.2.